The topological polar surface area (TPSA) is 61.4 Å². The normalized spacial score (nSPS) is 17.8. The van der Waals surface area contributed by atoms with E-state index in [2.05, 4.69) is 27.7 Å². The van der Waals surface area contributed by atoms with Gasteiger partial charge in [-0.1, -0.05) is 61.7 Å². The maximum Gasteiger partial charge on any atom is 0.255 e. The molecule has 1 heterocycles. The van der Waals surface area contributed by atoms with Crippen molar-refractivity contribution in [3.05, 3.63) is 77.9 Å². The third-order valence-corrected chi connectivity index (χ3v) is 7.51. The van der Waals surface area contributed by atoms with E-state index in [1.54, 1.807) is 0 Å². The van der Waals surface area contributed by atoms with Crippen LogP contribution in [0.2, 0.25) is 0 Å². The van der Waals surface area contributed by atoms with Gasteiger partial charge in [0, 0.05) is 29.8 Å². The molecule has 0 atom stereocenters. The van der Waals surface area contributed by atoms with Crippen molar-refractivity contribution in [1.82, 2.24) is 10.2 Å². The summed E-state index contributed by atoms with van der Waals surface area (Å²) in [7, 11) is 0. The number of hydrogen-bond donors (Lipinski definition) is 2. The lowest BCUT2D eigenvalue weighted by molar-refractivity contribution is -0.127. The number of hydrogen-bond acceptors (Lipinski definition) is 3. The first-order valence-electron chi connectivity index (χ1n) is 13.1. The van der Waals surface area contributed by atoms with E-state index in [1.165, 1.54) is 24.8 Å². The van der Waals surface area contributed by atoms with Gasteiger partial charge in [0.05, 0.1) is 0 Å². The summed E-state index contributed by atoms with van der Waals surface area (Å²) in [5.41, 5.74) is 2.64. The molecule has 182 valence electrons. The molecule has 0 spiro atoms. The van der Waals surface area contributed by atoms with Crippen LogP contribution in [0.3, 0.4) is 0 Å². The zero-order valence-corrected chi connectivity index (χ0v) is 20.3. The molecule has 1 saturated heterocycles. The molecule has 5 rings (SSSR count). The highest BCUT2D eigenvalue weighted by Gasteiger charge is 2.27. The van der Waals surface area contributed by atoms with Crippen LogP contribution in [0.1, 0.15) is 60.9 Å². The maximum absolute atomic E-state index is 12.8. The Morgan fingerprint density at radius 2 is 1.57 bits per heavy atom. The molecular weight excluding hydrogens is 434 g/mol. The Hall–Kier alpha value is -3.18. The second-order valence-electron chi connectivity index (χ2n) is 10.1. The highest BCUT2D eigenvalue weighted by Crippen LogP contribution is 2.23. The highest BCUT2D eigenvalue weighted by molar-refractivity contribution is 6.06. The summed E-state index contributed by atoms with van der Waals surface area (Å²) in [6.45, 7) is 2.68. The third kappa shape index (κ3) is 6.09. The first-order valence-corrected chi connectivity index (χ1v) is 13.1. The third-order valence-electron chi connectivity index (χ3n) is 7.51. The van der Waals surface area contributed by atoms with Crippen molar-refractivity contribution in [2.75, 3.05) is 18.4 Å². The quantitative estimate of drug-likeness (QED) is 0.483. The summed E-state index contributed by atoms with van der Waals surface area (Å²) in [6.07, 6.45) is 7.89. The van der Waals surface area contributed by atoms with Crippen LogP contribution in [-0.2, 0) is 11.3 Å². The molecule has 0 bridgehead atoms. The maximum atomic E-state index is 12.8. The molecule has 3 aromatic rings. The van der Waals surface area contributed by atoms with Crippen molar-refractivity contribution >= 4 is 28.3 Å². The van der Waals surface area contributed by atoms with E-state index in [4.69, 9.17) is 0 Å². The molecule has 5 heteroatoms. The molecule has 3 aromatic carbocycles. The standard InChI is InChI=1S/C30H35N3O2/c34-29(31-27-10-2-1-3-11-27)24-15-17-33(18-16-24)21-22-7-6-12-28(19-22)32-30(35)26-14-13-23-8-4-5-9-25(23)20-26/h4-9,12-14,19-20,24,27H,1-3,10-11,15-18,21H2,(H,31,34)(H,32,35). The zero-order chi connectivity index (χ0) is 24.0. The van der Waals surface area contributed by atoms with E-state index in [0.717, 1.165) is 61.8 Å². The molecule has 2 N–H and O–H groups in total. The minimum Gasteiger partial charge on any atom is -0.353 e. The summed E-state index contributed by atoms with van der Waals surface area (Å²) < 4.78 is 0. The van der Waals surface area contributed by atoms with Crippen molar-refractivity contribution < 1.29 is 9.59 Å². The number of likely N-dealkylation sites (tertiary alicyclic amines) is 1. The monoisotopic (exact) mass is 469 g/mol. The van der Waals surface area contributed by atoms with Crippen molar-refractivity contribution in [3.63, 3.8) is 0 Å². The molecule has 0 unspecified atom stereocenters. The van der Waals surface area contributed by atoms with Gasteiger partial charge in [-0.15, -0.1) is 0 Å². The Kier molecular flexibility index (Phi) is 7.43. The minimum atomic E-state index is -0.0994. The van der Waals surface area contributed by atoms with Crippen LogP contribution < -0.4 is 10.6 Å². The number of carbonyl (C=O) groups excluding carboxylic acids is 2. The summed E-state index contributed by atoms with van der Waals surface area (Å²) in [5.74, 6) is 0.299. The van der Waals surface area contributed by atoms with Crippen LogP contribution in [0.4, 0.5) is 5.69 Å². The Labute approximate surface area is 207 Å². The Balaban J connectivity index is 1.13. The van der Waals surface area contributed by atoms with E-state index >= 15 is 0 Å². The Morgan fingerprint density at radius 3 is 2.37 bits per heavy atom. The van der Waals surface area contributed by atoms with Gasteiger partial charge in [-0.05, 0) is 79.4 Å². The van der Waals surface area contributed by atoms with E-state index < -0.39 is 0 Å². The first kappa shape index (κ1) is 23.6. The van der Waals surface area contributed by atoms with Crippen molar-refractivity contribution in [2.45, 2.75) is 57.5 Å². The smallest absolute Gasteiger partial charge is 0.255 e. The summed E-state index contributed by atoms with van der Waals surface area (Å²) in [4.78, 5) is 28.0. The minimum absolute atomic E-state index is 0.0994. The Bertz CT molecular complexity index is 1180. The van der Waals surface area contributed by atoms with Crippen LogP contribution >= 0.6 is 0 Å². The summed E-state index contributed by atoms with van der Waals surface area (Å²) >= 11 is 0. The van der Waals surface area contributed by atoms with Crippen LogP contribution in [0.25, 0.3) is 10.8 Å². The van der Waals surface area contributed by atoms with Crippen LogP contribution in [-0.4, -0.2) is 35.8 Å². The largest absolute Gasteiger partial charge is 0.353 e. The van der Waals surface area contributed by atoms with Crippen LogP contribution in [0.15, 0.2) is 66.7 Å². The molecule has 2 fully saturated rings. The predicted molar refractivity (Wildman–Crippen MR) is 141 cm³/mol. The van der Waals surface area contributed by atoms with Gasteiger partial charge in [0.2, 0.25) is 5.91 Å². The van der Waals surface area contributed by atoms with E-state index in [0.29, 0.717) is 11.6 Å². The molecule has 0 radical (unpaired) electrons. The number of fused-ring (bicyclic) bond motifs is 1. The lowest BCUT2D eigenvalue weighted by Gasteiger charge is -2.32. The SMILES string of the molecule is O=C(Nc1cccc(CN2CCC(C(=O)NC3CCCCC3)CC2)c1)c1ccc2ccccc2c1. The Morgan fingerprint density at radius 1 is 0.800 bits per heavy atom. The lowest BCUT2D eigenvalue weighted by atomic mass is 9.92. The van der Waals surface area contributed by atoms with Gasteiger partial charge >= 0.3 is 0 Å². The predicted octanol–water partition coefficient (Wildman–Crippen LogP) is 5.75. The number of nitrogens with zero attached hydrogens (tertiary/aromatic N) is 1. The number of piperidine rings is 1. The number of rotatable bonds is 6. The van der Waals surface area contributed by atoms with Gasteiger partial charge in [0.15, 0.2) is 0 Å². The number of amides is 2. The van der Waals surface area contributed by atoms with Crippen LogP contribution in [0, 0.1) is 5.92 Å². The molecule has 1 aliphatic heterocycles. The molecule has 0 aromatic heterocycles. The van der Waals surface area contributed by atoms with Gasteiger partial charge in [-0.3, -0.25) is 14.5 Å². The van der Waals surface area contributed by atoms with Crippen LogP contribution in [0.5, 0.6) is 0 Å². The molecule has 1 saturated carbocycles. The number of carbonyl (C=O) groups is 2. The fourth-order valence-electron chi connectivity index (χ4n) is 5.46. The second kappa shape index (κ2) is 11.0. The van der Waals surface area contributed by atoms with Gasteiger partial charge in [0.25, 0.3) is 5.91 Å². The molecule has 5 nitrogen and oxygen atoms in total. The van der Waals surface area contributed by atoms with E-state index in [-0.39, 0.29) is 17.7 Å². The average molecular weight is 470 g/mol. The van der Waals surface area contributed by atoms with Gasteiger partial charge in [-0.25, -0.2) is 0 Å². The lowest BCUT2D eigenvalue weighted by Crippen LogP contribution is -2.44. The highest BCUT2D eigenvalue weighted by atomic mass is 16.2. The second-order valence-corrected chi connectivity index (χ2v) is 10.1. The fraction of sp³-hybridized carbons (Fsp3) is 0.400. The fourth-order valence-corrected chi connectivity index (χ4v) is 5.46. The molecule has 1 aliphatic carbocycles. The van der Waals surface area contributed by atoms with Crippen molar-refractivity contribution in [2.24, 2.45) is 5.92 Å². The number of nitrogens with one attached hydrogen (secondary N) is 2. The van der Waals surface area contributed by atoms with E-state index in [1.807, 2.05) is 54.6 Å². The summed E-state index contributed by atoms with van der Waals surface area (Å²) in [5, 5.41) is 8.54. The summed E-state index contributed by atoms with van der Waals surface area (Å²) in [6, 6.07) is 22.3. The van der Waals surface area contributed by atoms with Gasteiger partial charge in [-0.2, -0.15) is 0 Å². The van der Waals surface area contributed by atoms with Gasteiger partial charge in [0.1, 0.15) is 0 Å². The molecule has 2 aliphatic rings. The molecular formula is C30H35N3O2. The number of anilines is 1. The van der Waals surface area contributed by atoms with Gasteiger partial charge < -0.3 is 10.6 Å². The van der Waals surface area contributed by atoms with E-state index in [9.17, 15) is 9.59 Å². The molecule has 35 heavy (non-hydrogen) atoms. The average Bonchev–Trinajstić information content (AvgIpc) is 2.89. The van der Waals surface area contributed by atoms with Crippen molar-refractivity contribution in [3.8, 4) is 0 Å². The molecule has 2 amide bonds. The first-order chi connectivity index (χ1) is 17.1. The zero-order valence-electron chi connectivity index (χ0n) is 20.3. The van der Waals surface area contributed by atoms with Crippen molar-refractivity contribution in [1.29, 1.82) is 0 Å². The number of benzene rings is 3.